The minimum absolute atomic E-state index is 0.0283. The molecule has 2 aliphatic heterocycles. The maximum atomic E-state index is 13.2. The summed E-state index contributed by atoms with van der Waals surface area (Å²) in [6.07, 6.45) is 13.7. The van der Waals surface area contributed by atoms with E-state index in [1.165, 1.54) is 0 Å². The van der Waals surface area contributed by atoms with Crippen LogP contribution in [-0.4, -0.2) is 50.7 Å². The molecule has 1 fully saturated rings. The fourth-order valence-corrected chi connectivity index (χ4v) is 6.91. The first-order valence-electron chi connectivity index (χ1n) is 16.7. The SMILES string of the molecule is C#Cc1cnc2c(Cl)cc(N[C@H](C3=CN(C4CCN(C(C)(C)C)CC4)NN3)c3cccc4c(=O)n(C)ccc34)cc2c1NCC(C)(C)C. The first kappa shape index (κ1) is 33.7. The van der Waals surface area contributed by atoms with E-state index in [0.29, 0.717) is 27.5 Å². The van der Waals surface area contributed by atoms with Crippen molar-refractivity contribution >= 4 is 44.7 Å². The zero-order valence-corrected chi connectivity index (χ0v) is 29.8. The molecule has 2 aromatic carbocycles. The molecule has 4 N–H and O–H groups in total. The molecule has 9 nitrogen and oxygen atoms in total. The van der Waals surface area contributed by atoms with Crippen molar-refractivity contribution in [3.8, 4) is 12.3 Å². The van der Waals surface area contributed by atoms with E-state index < -0.39 is 0 Å². The molecule has 0 radical (unpaired) electrons. The number of piperidine rings is 1. The standard InChI is InChI=1S/C38H47ClN8O/c1-9-24-21-40-34-30(33(24)41-23-37(2,3)4)19-25(20-31(34)39)42-35(28-11-10-12-29-27(28)15-16-45(8)36(29)48)32-22-47(44-43-32)26-13-17-46(18-14-26)38(5,6)7/h1,10-12,15-16,19-22,26,35,42-44H,13-14,17-18,23H2,2-8H3,(H,40,41)/t35-/m0/s1. The maximum Gasteiger partial charge on any atom is 0.258 e. The number of aryl methyl sites for hydroxylation is 1. The van der Waals surface area contributed by atoms with E-state index in [0.717, 1.165) is 65.9 Å². The van der Waals surface area contributed by atoms with Crippen molar-refractivity contribution in [3.05, 3.63) is 87.2 Å². The normalized spacial score (nSPS) is 16.9. The third-order valence-electron chi connectivity index (χ3n) is 9.38. The summed E-state index contributed by atoms with van der Waals surface area (Å²) in [6, 6.07) is 11.9. The molecule has 1 atom stereocenters. The van der Waals surface area contributed by atoms with Gasteiger partial charge in [0.2, 0.25) is 0 Å². The highest BCUT2D eigenvalue weighted by Crippen LogP contribution is 2.37. The Kier molecular flexibility index (Phi) is 9.12. The number of fused-ring (bicyclic) bond motifs is 2. The first-order chi connectivity index (χ1) is 22.7. The van der Waals surface area contributed by atoms with Crippen molar-refractivity contribution in [2.24, 2.45) is 12.5 Å². The van der Waals surface area contributed by atoms with Gasteiger partial charge in [0.1, 0.15) is 0 Å². The molecule has 10 heteroatoms. The summed E-state index contributed by atoms with van der Waals surface area (Å²) in [5.74, 6) is 2.80. The van der Waals surface area contributed by atoms with Gasteiger partial charge in [-0.15, -0.1) is 12.0 Å². The minimum Gasteiger partial charge on any atom is -0.383 e. The topological polar surface area (TPSA) is 89.5 Å². The first-order valence-corrected chi connectivity index (χ1v) is 17.1. The third-order valence-corrected chi connectivity index (χ3v) is 9.67. The van der Waals surface area contributed by atoms with Crippen LogP contribution in [0, 0.1) is 17.8 Å². The number of rotatable bonds is 7. The van der Waals surface area contributed by atoms with E-state index in [9.17, 15) is 4.79 Å². The van der Waals surface area contributed by atoms with Crippen molar-refractivity contribution in [1.29, 1.82) is 0 Å². The van der Waals surface area contributed by atoms with Crippen molar-refractivity contribution in [2.45, 2.75) is 72.0 Å². The van der Waals surface area contributed by atoms with Crippen LogP contribution in [0.3, 0.4) is 0 Å². The van der Waals surface area contributed by atoms with E-state index in [1.54, 1.807) is 17.8 Å². The predicted octanol–water partition coefficient (Wildman–Crippen LogP) is 6.76. The number of nitrogens with one attached hydrogen (secondary N) is 4. The van der Waals surface area contributed by atoms with Gasteiger partial charge in [-0.1, -0.05) is 50.4 Å². The van der Waals surface area contributed by atoms with Crippen LogP contribution in [0.2, 0.25) is 5.02 Å². The van der Waals surface area contributed by atoms with Gasteiger partial charge in [-0.2, -0.15) is 0 Å². The Balaban J connectivity index is 1.42. The molecule has 0 amide bonds. The Morgan fingerprint density at radius 1 is 1.08 bits per heavy atom. The van der Waals surface area contributed by atoms with Crippen molar-refractivity contribution in [2.75, 3.05) is 30.3 Å². The third kappa shape index (κ3) is 6.84. The van der Waals surface area contributed by atoms with E-state index in [2.05, 4.69) is 102 Å². The summed E-state index contributed by atoms with van der Waals surface area (Å²) in [5.41, 5.74) is 11.9. The van der Waals surface area contributed by atoms with Gasteiger partial charge in [0.25, 0.3) is 5.56 Å². The lowest BCUT2D eigenvalue weighted by Gasteiger charge is -2.42. The predicted molar refractivity (Wildman–Crippen MR) is 199 cm³/mol. The summed E-state index contributed by atoms with van der Waals surface area (Å²) in [7, 11) is 1.78. The highest BCUT2D eigenvalue weighted by Gasteiger charge is 2.32. The fraction of sp³-hybridized carbons (Fsp3) is 0.421. The fourth-order valence-electron chi connectivity index (χ4n) is 6.64. The van der Waals surface area contributed by atoms with Crippen LogP contribution in [0.4, 0.5) is 11.4 Å². The van der Waals surface area contributed by atoms with E-state index in [-0.39, 0.29) is 22.6 Å². The average Bonchev–Trinajstić information content (AvgIpc) is 3.53. The molecule has 2 aliphatic rings. The Bertz CT molecular complexity index is 1970. The van der Waals surface area contributed by atoms with Gasteiger partial charge >= 0.3 is 0 Å². The van der Waals surface area contributed by atoms with Gasteiger partial charge in [0.05, 0.1) is 33.5 Å². The van der Waals surface area contributed by atoms with Gasteiger partial charge in [-0.3, -0.25) is 19.7 Å². The number of halogens is 1. The lowest BCUT2D eigenvalue weighted by Crippen LogP contribution is -2.52. The molecule has 252 valence electrons. The number of pyridine rings is 2. The van der Waals surface area contributed by atoms with Crippen LogP contribution in [0.5, 0.6) is 0 Å². The van der Waals surface area contributed by atoms with Gasteiger partial charge in [0, 0.05) is 73.3 Å². The number of nitrogens with zero attached hydrogens (tertiary/aromatic N) is 4. The Morgan fingerprint density at radius 2 is 1.83 bits per heavy atom. The number of hydrogen-bond acceptors (Lipinski definition) is 8. The van der Waals surface area contributed by atoms with Crippen LogP contribution in [0.25, 0.3) is 21.7 Å². The van der Waals surface area contributed by atoms with E-state index in [1.807, 2.05) is 30.5 Å². The molecule has 0 unspecified atom stereocenters. The second-order valence-electron chi connectivity index (χ2n) is 15.2. The molecule has 4 aromatic rings. The van der Waals surface area contributed by atoms with Crippen LogP contribution >= 0.6 is 11.6 Å². The lowest BCUT2D eigenvalue weighted by atomic mass is 9.96. The highest BCUT2D eigenvalue weighted by molar-refractivity contribution is 6.35. The molecule has 0 saturated carbocycles. The van der Waals surface area contributed by atoms with E-state index in [4.69, 9.17) is 18.0 Å². The zero-order valence-electron chi connectivity index (χ0n) is 29.0. The summed E-state index contributed by atoms with van der Waals surface area (Å²) >= 11 is 6.93. The van der Waals surface area contributed by atoms with Crippen LogP contribution < -0.4 is 27.2 Å². The molecular weight excluding hydrogens is 620 g/mol. The Morgan fingerprint density at radius 3 is 2.52 bits per heavy atom. The molecule has 1 saturated heterocycles. The van der Waals surface area contributed by atoms with Crippen molar-refractivity contribution < 1.29 is 0 Å². The number of terminal acetylenes is 1. The van der Waals surface area contributed by atoms with Gasteiger partial charge < -0.3 is 20.6 Å². The number of hydrazine groups is 2. The summed E-state index contributed by atoms with van der Waals surface area (Å²) in [4.78, 5) is 20.4. The number of benzene rings is 2. The molecule has 6 rings (SSSR count). The molecule has 4 heterocycles. The highest BCUT2D eigenvalue weighted by atomic mass is 35.5. The van der Waals surface area contributed by atoms with Crippen molar-refractivity contribution in [3.63, 3.8) is 0 Å². The van der Waals surface area contributed by atoms with E-state index >= 15 is 0 Å². The molecule has 0 spiro atoms. The quantitative estimate of drug-likeness (QED) is 0.161. The number of hydrogen-bond donors (Lipinski definition) is 4. The average molecular weight is 667 g/mol. The van der Waals surface area contributed by atoms with Crippen LogP contribution in [0.1, 0.15) is 71.6 Å². The number of aromatic nitrogens is 2. The largest absolute Gasteiger partial charge is 0.383 e. The van der Waals surface area contributed by atoms with Crippen molar-refractivity contribution in [1.82, 2.24) is 30.4 Å². The summed E-state index contributed by atoms with van der Waals surface area (Å²) in [5, 5.41) is 12.5. The minimum atomic E-state index is -0.351. The lowest BCUT2D eigenvalue weighted by molar-refractivity contribution is 0.0570. The zero-order chi connectivity index (χ0) is 34.4. The Hall–Kier alpha value is -4.23. The second-order valence-corrected chi connectivity index (χ2v) is 15.6. The Labute approximate surface area is 288 Å². The molecule has 0 bridgehead atoms. The van der Waals surface area contributed by atoms with Gasteiger partial charge in [0.15, 0.2) is 0 Å². The number of anilines is 2. The molecule has 48 heavy (non-hydrogen) atoms. The van der Waals surface area contributed by atoms with Gasteiger partial charge in [-0.25, -0.2) is 0 Å². The molecular formula is C38H47ClN8O. The van der Waals surface area contributed by atoms with Crippen LogP contribution in [-0.2, 0) is 7.05 Å². The monoisotopic (exact) mass is 666 g/mol. The van der Waals surface area contributed by atoms with Gasteiger partial charge in [-0.05, 0) is 74.2 Å². The molecule has 2 aromatic heterocycles. The molecule has 0 aliphatic carbocycles. The number of likely N-dealkylation sites (tertiary alicyclic amines) is 1. The summed E-state index contributed by atoms with van der Waals surface area (Å²) in [6.45, 7) is 16.2. The second kappa shape index (κ2) is 13.0. The van der Waals surface area contributed by atoms with Crippen LogP contribution in [0.15, 0.2) is 65.5 Å². The smallest absolute Gasteiger partial charge is 0.258 e. The maximum absolute atomic E-state index is 13.2. The summed E-state index contributed by atoms with van der Waals surface area (Å²) < 4.78 is 1.61.